The first-order chi connectivity index (χ1) is 12.7. The second kappa shape index (κ2) is 8.28. The minimum Gasteiger partial charge on any atom is -0.490 e. The molecule has 1 aliphatic carbocycles. The van der Waals surface area contributed by atoms with E-state index < -0.39 is 5.56 Å². The van der Waals surface area contributed by atoms with E-state index in [9.17, 15) is 10.1 Å². The Bertz CT molecular complexity index is 883. The van der Waals surface area contributed by atoms with Crippen molar-refractivity contribution in [1.29, 1.82) is 5.26 Å². The third-order valence-corrected chi connectivity index (χ3v) is 4.90. The van der Waals surface area contributed by atoms with E-state index >= 15 is 0 Å². The van der Waals surface area contributed by atoms with Crippen LogP contribution in [0.1, 0.15) is 38.2 Å². The fraction of sp³-hybridized carbons (Fsp3) is 0.421. The van der Waals surface area contributed by atoms with Crippen molar-refractivity contribution in [3.8, 4) is 28.8 Å². The third-order valence-electron chi connectivity index (χ3n) is 4.32. The summed E-state index contributed by atoms with van der Waals surface area (Å²) in [6.45, 7) is 2.40. The fourth-order valence-corrected chi connectivity index (χ4v) is 3.45. The van der Waals surface area contributed by atoms with Gasteiger partial charge >= 0.3 is 0 Å². The smallest absolute Gasteiger partial charge is 0.270 e. The van der Waals surface area contributed by atoms with Crippen LogP contribution in [0.5, 0.6) is 11.5 Å². The minimum absolute atomic E-state index is 0.00490. The number of aromatic nitrogens is 2. The molecule has 1 aromatic heterocycles. The zero-order chi connectivity index (χ0) is 18.5. The molecule has 1 fully saturated rings. The number of rotatable bonds is 6. The Morgan fingerprint density at radius 1 is 1.35 bits per heavy atom. The standard InChI is InChI=1S/C19H21N3O3S/c1-3-24-16-10-12(8-9-15(16)25-13-6-4-5-7-13)17-14(11-20)18(23)22-19(21-17)26-2/h8-10,13H,3-7H2,1-2H3,(H,21,22,23). The van der Waals surface area contributed by atoms with Crippen LogP contribution in [-0.2, 0) is 0 Å². The Morgan fingerprint density at radius 2 is 2.12 bits per heavy atom. The molecule has 1 aromatic carbocycles. The molecule has 0 bridgehead atoms. The lowest BCUT2D eigenvalue weighted by Gasteiger charge is -2.17. The maximum atomic E-state index is 12.1. The summed E-state index contributed by atoms with van der Waals surface area (Å²) in [5.74, 6) is 1.30. The van der Waals surface area contributed by atoms with E-state index in [2.05, 4.69) is 9.97 Å². The zero-order valence-corrected chi connectivity index (χ0v) is 15.7. The normalized spacial score (nSPS) is 14.2. The van der Waals surface area contributed by atoms with Gasteiger partial charge in [-0.05, 0) is 57.1 Å². The lowest BCUT2D eigenvalue weighted by atomic mass is 10.1. The van der Waals surface area contributed by atoms with Gasteiger partial charge in [0.1, 0.15) is 11.6 Å². The van der Waals surface area contributed by atoms with Gasteiger partial charge in [-0.1, -0.05) is 11.8 Å². The lowest BCUT2D eigenvalue weighted by molar-refractivity contribution is 0.197. The highest BCUT2D eigenvalue weighted by Crippen LogP contribution is 2.35. The molecule has 26 heavy (non-hydrogen) atoms. The van der Waals surface area contributed by atoms with Crippen LogP contribution in [0.3, 0.4) is 0 Å². The largest absolute Gasteiger partial charge is 0.490 e. The van der Waals surface area contributed by atoms with E-state index in [0.29, 0.717) is 34.5 Å². The van der Waals surface area contributed by atoms with Crippen LogP contribution in [0, 0.1) is 11.3 Å². The summed E-state index contributed by atoms with van der Waals surface area (Å²) in [6.07, 6.45) is 6.52. The quantitative estimate of drug-likeness (QED) is 0.614. The van der Waals surface area contributed by atoms with Gasteiger partial charge in [0, 0.05) is 5.56 Å². The van der Waals surface area contributed by atoms with E-state index in [1.165, 1.54) is 24.6 Å². The van der Waals surface area contributed by atoms with Crippen LogP contribution in [0.4, 0.5) is 0 Å². The first-order valence-corrected chi connectivity index (χ1v) is 9.91. The van der Waals surface area contributed by atoms with E-state index in [0.717, 1.165) is 12.8 Å². The molecule has 1 heterocycles. The molecule has 1 saturated carbocycles. The predicted molar refractivity (Wildman–Crippen MR) is 101 cm³/mol. The van der Waals surface area contributed by atoms with Crippen molar-refractivity contribution in [2.45, 2.75) is 43.9 Å². The van der Waals surface area contributed by atoms with Gasteiger partial charge in [-0.25, -0.2) is 4.98 Å². The van der Waals surface area contributed by atoms with Gasteiger partial charge in [-0.3, -0.25) is 4.79 Å². The van der Waals surface area contributed by atoms with Crippen LogP contribution in [0.25, 0.3) is 11.3 Å². The Morgan fingerprint density at radius 3 is 2.77 bits per heavy atom. The number of nitrogens with one attached hydrogen (secondary N) is 1. The first-order valence-electron chi connectivity index (χ1n) is 8.68. The predicted octanol–water partition coefficient (Wildman–Crippen LogP) is 3.75. The number of benzene rings is 1. The number of hydrogen-bond donors (Lipinski definition) is 1. The Labute approximate surface area is 156 Å². The Kier molecular flexibility index (Phi) is 5.84. The first kappa shape index (κ1) is 18.3. The van der Waals surface area contributed by atoms with Gasteiger partial charge in [0.15, 0.2) is 16.7 Å². The molecule has 0 saturated heterocycles. The van der Waals surface area contributed by atoms with Crippen LogP contribution >= 0.6 is 11.8 Å². The van der Waals surface area contributed by atoms with Gasteiger partial charge in [0.05, 0.1) is 18.4 Å². The highest BCUT2D eigenvalue weighted by Gasteiger charge is 2.20. The molecule has 7 heteroatoms. The van der Waals surface area contributed by atoms with Crippen molar-refractivity contribution >= 4 is 11.8 Å². The number of hydrogen-bond acceptors (Lipinski definition) is 6. The number of aromatic amines is 1. The van der Waals surface area contributed by atoms with Gasteiger partial charge in [-0.2, -0.15) is 5.26 Å². The molecule has 136 valence electrons. The molecular weight excluding hydrogens is 350 g/mol. The maximum Gasteiger partial charge on any atom is 0.270 e. The number of thioether (sulfide) groups is 1. The van der Waals surface area contributed by atoms with Gasteiger partial charge in [-0.15, -0.1) is 0 Å². The van der Waals surface area contributed by atoms with Crippen LogP contribution in [-0.4, -0.2) is 28.9 Å². The van der Waals surface area contributed by atoms with Gasteiger partial charge in [0.2, 0.25) is 0 Å². The van der Waals surface area contributed by atoms with E-state index in [4.69, 9.17) is 9.47 Å². The molecule has 1 aliphatic rings. The zero-order valence-electron chi connectivity index (χ0n) is 14.9. The summed E-state index contributed by atoms with van der Waals surface area (Å²) in [6, 6.07) is 7.40. The van der Waals surface area contributed by atoms with Crippen molar-refractivity contribution in [3.63, 3.8) is 0 Å². The number of ether oxygens (including phenoxy) is 2. The van der Waals surface area contributed by atoms with Crippen LogP contribution < -0.4 is 15.0 Å². The van der Waals surface area contributed by atoms with Crippen molar-refractivity contribution in [2.75, 3.05) is 12.9 Å². The maximum absolute atomic E-state index is 12.1. The number of nitriles is 1. The average molecular weight is 371 g/mol. The third kappa shape index (κ3) is 3.86. The van der Waals surface area contributed by atoms with Gasteiger partial charge < -0.3 is 14.5 Å². The minimum atomic E-state index is -0.439. The number of nitrogens with zero attached hydrogens (tertiary/aromatic N) is 2. The van der Waals surface area contributed by atoms with Crippen LogP contribution in [0.2, 0.25) is 0 Å². The number of H-pyrrole nitrogens is 1. The Balaban J connectivity index is 2.03. The van der Waals surface area contributed by atoms with E-state index in [-0.39, 0.29) is 11.7 Å². The second-order valence-corrected chi connectivity index (χ2v) is 6.82. The lowest BCUT2D eigenvalue weighted by Crippen LogP contribution is -2.15. The molecule has 2 aromatic rings. The van der Waals surface area contributed by atoms with Crippen molar-refractivity contribution in [2.24, 2.45) is 0 Å². The molecule has 0 spiro atoms. The summed E-state index contributed by atoms with van der Waals surface area (Å²) >= 11 is 1.32. The fourth-order valence-electron chi connectivity index (χ4n) is 3.07. The molecular formula is C19H21N3O3S. The second-order valence-electron chi connectivity index (χ2n) is 6.03. The highest BCUT2D eigenvalue weighted by atomic mass is 32.2. The molecule has 0 atom stereocenters. The summed E-state index contributed by atoms with van der Waals surface area (Å²) in [5.41, 5.74) is 0.569. The molecule has 0 amide bonds. The van der Waals surface area contributed by atoms with Crippen molar-refractivity contribution in [1.82, 2.24) is 9.97 Å². The molecule has 6 nitrogen and oxygen atoms in total. The van der Waals surface area contributed by atoms with E-state index in [1.807, 2.05) is 31.4 Å². The summed E-state index contributed by atoms with van der Waals surface area (Å²) < 4.78 is 11.8. The van der Waals surface area contributed by atoms with Gasteiger partial charge in [0.25, 0.3) is 5.56 Å². The van der Waals surface area contributed by atoms with Crippen LogP contribution in [0.15, 0.2) is 28.2 Å². The topological polar surface area (TPSA) is 88.0 Å². The molecule has 0 aliphatic heterocycles. The summed E-state index contributed by atoms with van der Waals surface area (Å²) in [5, 5.41) is 9.83. The van der Waals surface area contributed by atoms with Crippen molar-refractivity contribution in [3.05, 3.63) is 34.1 Å². The molecule has 0 unspecified atom stereocenters. The summed E-state index contributed by atoms with van der Waals surface area (Å²) in [4.78, 5) is 19.2. The SMILES string of the molecule is CCOc1cc(-c2nc(SC)[nH]c(=O)c2C#N)ccc1OC1CCCC1. The summed E-state index contributed by atoms with van der Waals surface area (Å²) in [7, 11) is 0. The molecule has 0 radical (unpaired) electrons. The van der Waals surface area contributed by atoms with Crippen molar-refractivity contribution < 1.29 is 9.47 Å². The highest BCUT2D eigenvalue weighted by molar-refractivity contribution is 7.98. The molecule has 1 N–H and O–H groups in total. The average Bonchev–Trinajstić information content (AvgIpc) is 3.15. The monoisotopic (exact) mass is 371 g/mol. The van der Waals surface area contributed by atoms with E-state index in [1.54, 1.807) is 6.07 Å². The Hall–Kier alpha value is -2.46. The molecule has 3 rings (SSSR count).